The molecule has 3 rings (SSSR count). The summed E-state index contributed by atoms with van der Waals surface area (Å²) in [5.74, 6) is 2.03. The maximum atomic E-state index is 5.82. The molecule has 2 nitrogen and oxygen atoms in total. The van der Waals surface area contributed by atoms with E-state index in [9.17, 15) is 0 Å². The molecule has 0 aromatic carbocycles. The van der Waals surface area contributed by atoms with Crippen molar-refractivity contribution >= 4 is 22.9 Å². The van der Waals surface area contributed by atoms with E-state index in [0.717, 1.165) is 33.8 Å². The first kappa shape index (κ1) is 9.13. The minimum atomic E-state index is 0.752. The van der Waals surface area contributed by atoms with E-state index in [-0.39, 0.29) is 0 Å². The van der Waals surface area contributed by atoms with Crippen molar-refractivity contribution in [1.82, 2.24) is 10.3 Å². The lowest BCUT2D eigenvalue weighted by Crippen LogP contribution is -2.28. The standard InChI is InChI=1S/C10H13ClN2S/c11-9-4-13-10(14-9)5-12-8-2-1-6-3-7(6)8/h4,6-8,12H,1-3,5H2. The summed E-state index contributed by atoms with van der Waals surface area (Å²) in [7, 11) is 0. The van der Waals surface area contributed by atoms with Crippen molar-refractivity contribution in [3.05, 3.63) is 15.5 Å². The molecule has 0 bridgehead atoms. The number of thiazole rings is 1. The summed E-state index contributed by atoms with van der Waals surface area (Å²) in [6.45, 7) is 0.894. The van der Waals surface area contributed by atoms with Crippen molar-refractivity contribution in [2.45, 2.75) is 31.8 Å². The van der Waals surface area contributed by atoms with Gasteiger partial charge in [-0.05, 0) is 31.1 Å². The van der Waals surface area contributed by atoms with Gasteiger partial charge in [0.25, 0.3) is 0 Å². The Morgan fingerprint density at radius 1 is 1.57 bits per heavy atom. The van der Waals surface area contributed by atoms with Gasteiger partial charge in [-0.1, -0.05) is 11.6 Å². The lowest BCUT2D eigenvalue weighted by atomic mass is 10.2. The Bertz CT molecular complexity index is 339. The Hall–Kier alpha value is -0.120. The van der Waals surface area contributed by atoms with Crippen molar-refractivity contribution in [1.29, 1.82) is 0 Å². The summed E-state index contributed by atoms with van der Waals surface area (Å²) in [4.78, 5) is 4.24. The van der Waals surface area contributed by atoms with E-state index in [1.54, 1.807) is 17.5 Å². The van der Waals surface area contributed by atoms with E-state index in [1.165, 1.54) is 19.3 Å². The molecule has 2 aliphatic rings. The fourth-order valence-corrected chi connectivity index (χ4v) is 3.45. The van der Waals surface area contributed by atoms with E-state index in [0.29, 0.717) is 0 Å². The van der Waals surface area contributed by atoms with E-state index >= 15 is 0 Å². The molecule has 76 valence electrons. The zero-order valence-corrected chi connectivity index (χ0v) is 9.44. The van der Waals surface area contributed by atoms with Gasteiger partial charge >= 0.3 is 0 Å². The van der Waals surface area contributed by atoms with Crippen molar-refractivity contribution in [2.75, 3.05) is 0 Å². The molecule has 2 saturated carbocycles. The number of aromatic nitrogens is 1. The average Bonchev–Trinajstić information content (AvgIpc) is 2.66. The molecule has 0 amide bonds. The molecule has 1 aromatic heterocycles. The second-order valence-electron chi connectivity index (χ2n) is 4.28. The van der Waals surface area contributed by atoms with Crippen molar-refractivity contribution < 1.29 is 0 Å². The van der Waals surface area contributed by atoms with Crippen LogP contribution in [0.4, 0.5) is 0 Å². The molecule has 1 aromatic rings. The van der Waals surface area contributed by atoms with Crippen molar-refractivity contribution in [2.24, 2.45) is 11.8 Å². The van der Waals surface area contributed by atoms with Gasteiger partial charge in [-0.25, -0.2) is 4.98 Å². The van der Waals surface area contributed by atoms with Gasteiger partial charge < -0.3 is 5.32 Å². The van der Waals surface area contributed by atoms with Crippen LogP contribution in [0.25, 0.3) is 0 Å². The summed E-state index contributed by atoms with van der Waals surface area (Å²) in [6, 6.07) is 0.752. The van der Waals surface area contributed by atoms with Crippen LogP contribution in [0.15, 0.2) is 6.20 Å². The fourth-order valence-electron chi connectivity index (χ4n) is 2.55. The molecule has 1 heterocycles. The highest BCUT2D eigenvalue weighted by Crippen LogP contribution is 2.51. The third kappa shape index (κ3) is 1.69. The molecular weight excluding hydrogens is 216 g/mol. The second-order valence-corrected chi connectivity index (χ2v) is 6.03. The first-order valence-corrected chi connectivity index (χ1v) is 6.36. The Labute approximate surface area is 92.7 Å². The van der Waals surface area contributed by atoms with Crippen LogP contribution < -0.4 is 5.32 Å². The van der Waals surface area contributed by atoms with E-state index in [2.05, 4.69) is 10.3 Å². The van der Waals surface area contributed by atoms with Crippen molar-refractivity contribution in [3.63, 3.8) is 0 Å². The number of hydrogen-bond acceptors (Lipinski definition) is 3. The quantitative estimate of drug-likeness (QED) is 0.861. The van der Waals surface area contributed by atoms with E-state index < -0.39 is 0 Å². The molecule has 1 N–H and O–H groups in total. The predicted octanol–water partition coefficient (Wildman–Crippen LogP) is 2.68. The first-order valence-electron chi connectivity index (χ1n) is 5.16. The van der Waals surface area contributed by atoms with Crippen molar-refractivity contribution in [3.8, 4) is 0 Å². The highest BCUT2D eigenvalue weighted by molar-refractivity contribution is 7.15. The largest absolute Gasteiger partial charge is 0.307 e. The molecule has 0 aliphatic heterocycles. The number of fused-ring (bicyclic) bond motifs is 1. The topological polar surface area (TPSA) is 24.9 Å². The molecule has 3 unspecified atom stereocenters. The minimum absolute atomic E-state index is 0.752. The number of nitrogens with one attached hydrogen (secondary N) is 1. The molecule has 0 radical (unpaired) electrons. The van der Waals surface area contributed by atoms with Crippen LogP contribution in [0.5, 0.6) is 0 Å². The SMILES string of the molecule is Clc1cnc(CNC2CCC3CC32)s1. The predicted molar refractivity (Wildman–Crippen MR) is 58.6 cm³/mol. The third-order valence-electron chi connectivity index (χ3n) is 3.38. The van der Waals surface area contributed by atoms with Crippen LogP contribution >= 0.6 is 22.9 Å². The van der Waals surface area contributed by atoms with Gasteiger partial charge in [0, 0.05) is 12.6 Å². The maximum absolute atomic E-state index is 5.82. The minimum Gasteiger partial charge on any atom is -0.307 e. The van der Waals surface area contributed by atoms with Crippen LogP contribution in [0.3, 0.4) is 0 Å². The van der Waals surface area contributed by atoms with Crippen LogP contribution in [0.2, 0.25) is 4.34 Å². The van der Waals surface area contributed by atoms with Crippen LogP contribution in [-0.4, -0.2) is 11.0 Å². The summed E-state index contributed by atoms with van der Waals surface area (Å²) in [5.41, 5.74) is 0. The molecule has 0 spiro atoms. The van der Waals surface area contributed by atoms with Crippen LogP contribution in [-0.2, 0) is 6.54 Å². The van der Waals surface area contributed by atoms with E-state index in [1.807, 2.05) is 0 Å². The molecule has 4 heteroatoms. The number of rotatable bonds is 3. The monoisotopic (exact) mass is 228 g/mol. The van der Waals surface area contributed by atoms with Gasteiger partial charge in [-0.2, -0.15) is 0 Å². The van der Waals surface area contributed by atoms with Gasteiger partial charge in [0.15, 0.2) is 0 Å². The molecule has 14 heavy (non-hydrogen) atoms. The van der Waals surface area contributed by atoms with Gasteiger partial charge in [0.05, 0.1) is 6.20 Å². The molecular formula is C10H13ClN2S. The number of nitrogens with zero attached hydrogens (tertiary/aromatic N) is 1. The normalized spacial score (nSPS) is 34.5. The molecule has 3 atom stereocenters. The first-order chi connectivity index (χ1) is 6.83. The smallest absolute Gasteiger partial charge is 0.113 e. The average molecular weight is 229 g/mol. The lowest BCUT2D eigenvalue weighted by Gasteiger charge is -2.12. The Morgan fingerprint density at radius 3 is 3.07 bits per heavy atom. The molecule has 2 aliphatic carbocycles. The zero-order chi connectivity index (χ0) is 9.54. The summed E-state index contributed by atoms with van der Waals surface area (Å²) in [5, 5.41) is 4.70. The number of hydrogen-bond donors (Lipinski definition) is 1. The van der Waals surface area contributed by atoms with Gasteiger partial charge in [0.1, 0.15) is 9.34 Å². The highest BCUT2D eigenvalue weighted by Gasteiger charge is 2.47. The Kier molecular flexibility index (Phi) is 2.26. The van der Waals surface area contributed by atoms with Gasteiger partial charge in [-0.15, -0.1) is 11.3 Å². The number of halogens is 1. The third-order valence-corrected chi connectivity index (χ3v) is 4.50. The Morgan fingerprint density at radius 2 is 2.50 bits per heavy atom. The fraction of sp³-hybridized carbons (Fsp3) is 0.700. The molecule has 2 fully saturated rings. The summed E-state index contributed by atoms with van der Waals surface area (Å²) < 4.78 is 0.789. The summed E-state index contributed by atoms with van der Waals surface area (Å²) >= 11 is 7.40. The van der Waals surface area contributed by atoms with Crippen LogP contribution in [0.1, 0.15) is 24.3 Å². The van der Waals surface area contributed by atoms with Gasteiger partial charge in [-0.3, -0.25) is 0 Å². The Balaban J connectivity index is 1.54. The molecule has 0 saturated heterocycles. The van der Waals surface area contributed by atoms with E-state index in [4.69, 9.17) is 11.6 Å². The van der Waals surface area contributed by atoms with Crippen LogP contribution in [0, 0.1) is 11.8 Å². The lowest BCUT2D eigenvalue weighted by molar-refractivity contribution is 0.474. The maximum Gasteiger partial charge on any atom is 0.113 e. The van der Waals surface area contributed by atoms with Gasteiger partial charge in [0.2, 0.25) is 0 Å². The highest BCUT2D eigenvalue weighted by atomic mass is 35.5. The second kappa shape index (κ2) is 3.47. The summed E-state index contributed by atoms with van der Waals surface area (Å²) in [6.07, 6.45) is 5.98. The zero-order valence-electron chi connectivity index (χ0n) is 7.87.